The molecule has 0 atom stereocenters. The summed E-state index contributed by atoms with van der Waals surface area (Å²) in [5.74, 6) is -0.719. The Morgan fingerprint density at radius 3 is 3.05 bits per heavy atom. The quantitative estimate of drug-likeness (QED) is 0.798. The zero-order valence-corrected chi connectivity index (χ0v) is 12.5. The highest BCUT2D eigenvalue weighted by Crippen LogP contribution is 2.29. The van der Waals surface area contributed by atoms with Crippen LogP contribution >= 0.6 is 22.7 Å². The number of thiophene rings is 1. The van der Waals surface area contributed by atoms with Crippen LogP contribution in [0.25, 0.3) is 4.96 Å². The Hall–Kier alpha value is -2.19. The van der Waals surface area contributed by atoms with Crippen molar-refractivity contribution in [3.63, 3.8) is 0 Å². The van der Waals surface area contributed by atoms with Crippen LogP contribution in [0.3, 0.4) is 0 Å². The molecule has 3 rings (SSSR count). The number of carboxylic acids is 1. The molecule has 0 aromatic carbocycles. The molecule has 8 heteroatoms. The maximum atomic E-state index is 11.8. The highest BCUT2D eigenvalue weighted by atomic mass is 32.1. The molecule has 0 aliphatic rings. The van der Waals surface area contributed by atoms with Gasteiger partial charge in [0.05, 0.1) is 5.69 Å². The third-order valence-electron chi connectivity index (χ3n) is 2.75. The molecule has 0 radical (unpaired) electrons. The first-order valence-electron chi connectivity index (χ1n) is 5.97. The minimum atomic E-state index is -1.02. The predicted octanol–water partition coefficient (Wildman–Crippen LogP) is 2.40. The number of ether oxygens (including phenoxy) is 1. The third kappa shape index (κ3) is 2.67. The molecule has 0 unspecified atom stereocenters. The second-order valence-corrected chi connectivity index (χ2v) is 6.41. The molecule has 1 N–H and O–H groups in total. The molecule has 21 heavy (non-hydrogen) atoms. The number of hydrogen-bond donors (Lipinski definition) is 1. The van der Waals surface area contributed by atoms with Gasteiger partial charge in [0.2, 0.25) is 0 Å². The van der Waals surface area contributed by atoms with Gasteiger partial charge in [-0.25, -0.2) is 9.78 Å². The summed E-state index contributed by atoms with van der Waals surface area (Å²) in [6.07, 6.45) is 1.66. The van der Waals surface area contributed by atoms with Gasteiger partial charge >= 0.3 is 5.97 Å². The third-order valence-corrected chi connectivity index (χ3v) is 4.52. The molecule has 0 saturated heterocycles. The van der Waals surface area contributed by atoms with E-state index in [0.717, 1.165) is 16.2 Å². The van der Waals surface area contributed by atoms with Crippen molar-refractivity contribution in [2.45, 2.75) is 13.5 Å². The van der Waals surface area contributed by atoms with Gasteiger partial charge in [0.15, 0.2) is 9.84 Å². The molecular formula is C13H10N2O4S2. The average molecular weight is 322 g/mol. The van der Waals surface area contributed by atoms with Crippen LogP contribution in [-0.2, 0) is 6.61 Å². The number of nitrogens with zero attached hydrogens (tertiary/aromatic N) is 2. The Morgan fingerprint density at radius 2 is 2.29 bits per heavy atom. The first-order chi connectivity index (χ1) is 10.0. The lowest BCUT2D eigenvalue weighted by Gasteiger charge is -2.04. The molecular weight excluding hydrogens is 312 g/mol. The summed E-state index contributed by atoms with van der Waals surface area (Å²) in [5.41, 5.74) is 0.294. The van der Waals surface area contributed by atoms with Gasteiger partial charge in [-0.3, -0.25) is 9.20 Å². The number of aromatic nitrogens is 2. The van der Waals surface area contributed by atoms with Crippen molar-refractivity contribution in [1.29, 1.82) is 0 Å². The normalized spacial score (nSPS) is 10.9. The summed E-state index contributed by atoms with van der Waals surface area (Å²) >= 11 is 2.51. The summed E-state index contributed by atoms with van der Waals surface area (Å²) in [7, 11) is 0. The molecule has 3 aromatic rings. The van der Waals surface area contributed by atoms with Crippen molar-refractivity contribution in [2.75, 3.05) is 0 Å². The van der Waals surface area contributed by atoms with Gasteiger partial charge in [0.1, 0.15) is 12.4 Å². The van der Waals surface area contributed by atoms with E-state index in [-0.39, 0.29) is 17.0 Å². The number of aryl methyl sites for hydroxylation is 1. The van der Waals surface area contributed by atoms with Crippen LogP contribution in [0, 0.1) is 6.92 Å². The summed E-state index contributed by atoms with van der Waals surface area (Å²) < 4.78 is 6.96. The lowest BCUT2D eigenvalue weighted by Crippen LogP contribution is -2.14. The number of rotatable bonds is 4. The van der Waals surface area contributed by atoms with Crippen molar-refractivity contribution >= 4 is 33.6 Å². The maximum Gasteiger partial charge on any atom is 0.349 e. The van der Waals surface area contributed by atoms with Gasteiger partial charge in [-0.05, 0) is 13.0 Å². The van der Waals surface area contributed by atoms with Gasteiger partial charge in [0, 0.05) is 22.5 Å². The van der Waals surface area contributed by atoms with E-state index in [4.69, 9.17) is 9.84 Å². The van der Waals surface area contributed by atoms with Gasteiger partial charge in [-0.15, -0.1) is 22.7 Å². The zero-order valence-electron chi connectivity index (χ0n) is 10.9. The van der Waals surface area contributed by atoms with Crippen LogP contribution in [0.15, 0.2) is 28.5 Å². The number of hydrogen-bond acceptors (Lipinski definition) is 6. The molecule has 0 aliphatic carbocycles. The van der Waals surface area contributed by atoms with E-state index in [9.17, 15) is 9.59 Å². The molecule has 0 amide bonds. The van der Waals surface area contributed by atoms with Gasteiger partial charge in [-0.1, -0.05) is 0 Å². The van der Waals surface area contributed by atoms with E-state index >= 15 is 0 Å². The van der Waals surface area contributed by atoms with E-state index in [1.807, 2.05) is 6.92 Å². The first-order valence-corrected chi connectivity index (χ1v) is 7.66. The predicted molar refractivity (Wildman–Crippen MR) is 79.7 cm³/mol. The van der Waals surface area contributed by atoms with Crippen molar-refractivity contribution in [3.05, 3.63) is 49.5 Å². The Morgan fingerprint density at radius 1 is 1.48 bits per heavy atom. The van der Waals surface area contributed by atoms with Crippen LogP contribution in [0.1, 0.15) is 20.2 Å². The highest BCUT2D eigenvalue weighted by Gasteiger charge is 2.15. The SMILES string of the molecule is Cc1cc(OCc2cc(=O)n3ccsc3n2)c(C(=O)O)s1. The minimum Gasteiger partial charge on any atom is -0.485 e. The fourth-order valence-electron chi connectivity index (χ4n) is 1.86. The van der Waals surface area contributed by atoms with Gasteiger partial charge in [-0.2, -0.15) is 0 Å². The lowest BCUT2D eigenvalue weighted by molar-refractivity contribution is 0.0697. The number of carbonyl (C=O) groups is 1. The molecule has 6 nitrogen and oxygen atoms in total. The largest absolute Gasteiger partial charge is 0.485 e. The van der Waals surface area contributed by atoms with Crippen molar-refractivity contribution in [1.82, 2.24) is 9.38 Å². The van der Waals surface area contributed by atoms with Crippen LogP contribution in [0.4, 0.5) is 0 Å². The van der Waals surface area contributed by atoms with E-state index in [0.29, 0.717) is 16.4 Å². The molecule has 108 valence electrons. The Bertz CT molecular complexity index is 878. The number of fused-ring (bicyclic) bond motifs is 1. The standard InChI is InChI=1S/C13H10N2O4S2/c1-7-4-9(11(21-7)12(17)18)19-6-8-5-10(16)15-2-3-20-13(15)14-8/h2-5H,6H2,1H3,(H,17,18). The lowest BCUT2D eigenvalue weighted by atomic mass is 10.4. The Kier molecular flexibility index (Phi) is 3.48. The maximum absolute atomic E-state index is 11.8. The van der Waals surface area contributed by atoms with Crippen molar-refractivity contribution in [2.24, 2.45) is 0 Å². The molecule has 0 spiro atoms. The zero-order chi connectivity index (χ0) is 15.0. The average Bonchev–Trinajstić information content (AvgIpc) is 3.02. The Balaban J connectivity index is 1.86. The van der Waals surface area contributed by atoms with Crippen LogP contribution in [0.2, 0.25) is 0 Å². The van der Waals surface area contributed by atoms with E-state index in [1.54, 1.807) is 17.6 Å². The fourth-order valence-corrected chi connectivity index (χ4v) is 3.39. The Labute approximate surface area is 126 Å². The van der Waals surface area contributed by atoms with E-state index in [1.165, 1.54) is 21.8 Å². The first kappa shape index (κ1) is 13.8. The van der Waals surface area contributed by atoms with Gasteiger partial charge < -0.3 is 9.84 Å². The topological polar surface area (TPSA) is 80.9 Å². The number of aromatic carboxylic acids is 1. The second kappa shape index (κ2) is 5.30. The van der Waals surface area contributed by atoms with Crippen molar-refractivity contribution < 1.29 is 14.6 Å². The second-order valence-electron chi connectivity index (χ2n) is 4.29. The molecule has 0 saturated carbocycles. The minimum absolute atomic E-state index is 0.0556. The number of carboxylic acid groups (broad SMARTS) is 1. The summed E-state index contributed by atoms with van der Waals surface area (Å²) in [6, 6.07) is 3.06. The van der Waals surface area contributed by atoms with E-state index in [2.05, 4.69) is 4.98 Å². The monoisotopic (exact) mass is 322 g/mol. The fraction of sp³-hybridized carbons (Fsp3) is 0.154. The highest BCUT2D eigenvalue weighted by molar-refractivity contribution is 7.15. The summed E-state index contributed by atoms with van der Waals surface area (Å²) in [4.78, 5) is 28.8. The summed E-state index contributed by atoms with van der Waals surface area (Å²) in [6.45, 7) is 1.87. The molecule has 0 fully saturated rings. The van der Waals surface area contributed by atoms with Crippen molar-refractivity contribution in [3.8, 4) is 5.75 Å². The molecule has 3 aromatic heterocycles. The van der Waals surface area contributed by atoms with Crippen LogP contribution in [-0.4, -0.2) is 20.5 Å². The molecule has 0 aliphatic heterocycles. The van der Waals surface area contributed by atoms with E-state index < -0.39 is 5.97 Å². The molecule has 3 heterocycles. The molecule has 0 bridgehead atoms. The van der Waals surface area contributed by atoms with Gasteiger partial charge in [0.25, 0.3) is 5.56 Å². The van der Waals surface area contributed by atoms with Crippen LogP contribution < -0.4 is 10.3 Å². The van der Waals surface area contributed by atoms with Crippen LogP contribution in [0.5, 0.6) is 5.75 Å². The smallest absolute Gasteiger partial charge is 0.349 e. The summed E-state index contributed by atoms with van der Waals surface area (Å²) in [5, 5.41) is 10.9. The number of thiazole rings is 1.